The monoisotopic (exact) mass is 270 g/mol. The number of carbonyl (C=O) groups is 1. The maximum absolute atomic E-state index is 10.5. The number of pyridine rings is 1. The van der Waals surface area contributed by atoms with E-state index in [4.69, 9.17) is 5.11 Å². The van der Waals surface area contributed by atoms with Gasteiger partial charge in [-0.25, -0.2) is 9.20 Å². The Hall–Kier alpha value is -2.76. The molecule has 20 heavy (non-hydrogen) atoms. The third-order valence-corrected chi connectivity index (χ3v) is 3.06. The van der Waals surface area contributed by atoms with Crippen molar-refractivity contribution in [1.29, 1.82) is 0 Å². The van der Waals surface area contributed by atoms with Crippen LogP contribution in [0.25, 0.3) is 22.2 Å². The fourth-order valence-corrected chi connectivity index (χ4v) is 1.99. The number of carboxylic acids is 1. The number of hydrogen-bond donors (Lipinski definition) is 1. The molecule has 0 aliphatic carbocycles. The molecule has 0 radical (unpaired) electrons. The summed E-state index contributed by atoms with van der Waals surface area (Å²) in [5.74, 6) is -0.800. The first-order valence-corrected chi connectivity index (χ1v) is 6.16. The molecule has 0 saturated carbocycles. The number of carboxylic acid groups (broad SMARTS) is 1. The fourth-order valence-electron chi connectivity index (χ4n) is 1.99. The summed E-state index contributed by atoms with van der Waals surface area (Å²) >= 11 is 0. The van der Waals surface area contributed by atoms with Gasteiger partial charge in [0.2, 0.25) is 0 Å². The first-order chi connectivity index (χ1) is 9.72. The van der Waals surface area contributed by atoms with Crippen LogP contribution in [-0.4, -0.2) is 21.4 Å². The van der Waals surface area contributed by atoms with Gasteiger partial charge in [-0.05, 0) is 33.6 Å². The predicted octanol–water partition coefficient (Wildman–Crippen LogP) is 1.65. The highest BCUT2D eigenvalue weighted by molar-refractivity contribution is 5.80. The summed E-state index contributed by atoms with van der Waals surface area (Å²) < 4.78 is 6.51. The van der Waals surface area contributed by atoms with Crippen LogP contribution in [0.15, 0.2) is 47.4 Å². The Morgan fingerprint density at radius 3 is 2.60 bits per heavy atom. The van der Waals surface area contributed by atoms with Crippen LogP contribution in [0.1, 0.15) is 6.42 Å². The molecule has 0 bridgehead atoms. The molecular formula is C14H12N3O3+. The SMILES string of the molecule is O=C(O)CC[n+]1ccc(-c2ccc3nonc3c2)cc1. The van der Waals surface area contributed by atoms with Crippen LogP contribution in [-0.2, 0) is 11.3 Å². The average molecular weight is 270 g/mol. The van der Waals surface area contributed by atoms with Gasteiger partial charge in [0, 0.05) is 12.1 Å². The van der Waals surface area contributed by atoms with E-state index in [0.29, 0.717) is 12.1 Å². The van der Waals surface area contributed by atoms with Gasteiger partial charge >= 0.3 is 5.97 Å². The van der Waals surface area contributed by atoms with E-state index < -0.39 is 5.97 Å². The molecule has 0 unspecified atom stereocenters. The maximum Gasteiger partial charge on any atom is 0.309 e. The fraction of sp³-hybridized carbons (Fsp3) is 0.143. The van der Waals surface area contributed by atoms with Crippen molar-refractivity contribution in [3.05, 3.63) is 42.7 Å². The Labute approximate surface area is 114 Å². The molecule has 0 aliphatic heterocycles. The van der Waals surface area contributed by atoms with Crippen molar-refractivity contribution in [2.75, 3.05) is 0 Å². The normalized spacial score (nSPS) is 10.8. The highest BCUT2D eigenvalue weighted by Crippen LogP contribution is 2.21. The lowest BCUT2D eigenvalue weighted by Gasteiger charge is -2.00. The number of nitrogens with zero attached hydrogens (tertiary/aromatic N) is 3. The van der Waals surface area contributed by atoms with E-state index in [2.05, 4.69) is 14.9 Å². The second-order valence-corrected chi connectivity index (χ2v) is 4.44. The Kier molecular flexibility index (Phi) is 3.12. The largest absolute Gasteiger partial charge is 0.481 e. The summed E-state index contributed by atoms with van der Waals surface area (Å²) in [5, 5.41) is 16.2. The van der Waals surface area contributed by atoms with Crippen LogP contribution in [0.3, 0.4) is 0 Å². The van der Waals surface area contributed by atoms with E-state index in [-0.39, 0.29) is 6.42 Å². The molecule has 100 valence electrons. The van der Waals surface area contributed by atoms with Gasteiger partial charge in [0.1, 0.15) is 17.5 Å². The van der Waals surface area contributed by atoms with E-state index in [9.17, 15) is 4.79 Å². The highest BCUT2D eigenvalue weighted by Gasteiger charge is 2.07. The minimum atomic E-state index is -0.800. The van der Waals surface area contributed by atoms with E-state index >= 15 is 0 Å². The van der Waals surface area contributed by atoms with Crippen molar-refractivity contribution in [3.63, 3.8) is 0 Å². The molecule has 3 rings (SSSR count). The third kappa shape index (κ3) is 2.49. The van der Waals surface area contributed by atoms with Crippen LogP contribution >= 0.6 is 0 Å². The summed E-state index contributed by atoms with van der Waals surface area (Å²) in [6, 6.07) is 9.59. The summed E-state index contributed by atoms with van der Waals surface area (Å²) in [6.45, 7) is 0.460. The second-order valence-electron chi connectivity index (χ2n) is 4.44. The van der Waals surface area contributed by atoms with Crippen molar-refractivity contribution in [1.82, 2.24) is 10.3 Å². The molecule has 3 aromatic rings. The van der Waals surface area contributed by atoms with Gasteiger partial charge in [-0.2, -0.15) is 0 Å². The van der Waals surface area contributed by atoms with E-state index in [1.807, 2.05) is 47.3 Å². The van der Waals surface area contributed by atoms with Gasteiger partial charge < -0.3 is 5.11 Å². The zero-order valence-corrected chi connectivity index (χ0v) is 10.6. The molecule has 0 aliphatic rings. The standard InChI is InChI=1S/C14H11N3O3/c18-14(19)5-8-17-6-3-10(4-7-17)11-1-2-12-13(9-11)16-20-15-12/h1-4,6-7,9H,5,8H2/p+1. The number of hydrogen-bond acceptors (Lipinski definition) is 4. The topological polar surface area (TPSA) is 80.1 Å². The number of aromatic nitrogens is 3. The number of fused-ring (bicyclic) bond motifs is 1. The van der Waals surface area contributed by atoms with Crippen LogP contribution in [0.4, 0.5) is 0 Å². The van der Waals surface area contributed by atoms with E-state index in [1.54, 1.807) is 0 Å². The summed E-state index contributed by atoms with van der Waals surface area (Å²) in [5.41, 5.74) is 3.48. The molecule has 2 heterocycles. The molecule has 6 nitrogen and oxygen atoms in total. The Morgan fingerprint density at radius 2 is 1.85 bits per heavy atom. The van der Waals surface area contributed by atoms with Crippen molar-refractivity contribution in [2.45, 2.75) is 13.0 Å². The summed E-state index contributed by atoms with van der Waals surface area (Å²) in [6.07, 6.45) is 3.84. The number of aryl methyl sites for hydroxylation is 1. The van der Waals surface area contributed by atoms with Crippen molar-refractivity contribution < 1.29 is 19.1 Å². The lowest BCUT2D eigenvalue weighted by Crippen LogP contribution is -2.33. The molecule has 6 heteroatoms. The molecule has 0 amide bonds. The lowest BCUT2D eigenvalue weighted by atomic mass is 10.1. The molecule has 0 saturated heterocycles. The van der Waals surface area contributed by atoms with E-state index in [0.717, 1.165) is 16.6 Å². The first kappa shape index (κ1) is 12.3. The van der Waals surface area contributed by atoms with Crippen molar-refractivity contribution in [3.8, 4) is 11.1 Å². The highest BCUT2D eigenvalue weighted by atomic mass is 16.6. The molecule has 0 atom stereocenters. The van der Waals surface area contributed by atoms with Crippen LogP contribution in [0.2, 0.25) is 0 Å². The first-order valence-electron chi connectivity index (χ1n) is 6.16. The van der Waals surface area contributed by atoms with Gasteiger partial charge in [-0.15, -0.1) is 0 Å². The number of aliphatic carboxylic acids is 1. The molecule has 0 spiro atoms. The quantitative estimate of drug-likeness (QED) is 0.729. The lowest BCUT2D eigenvalue weighted by molar-refractivity contribution is -0.695. The number of rotatable bonds is 4. The molecule has 1 N–H and O–H groups in total. The zero-order valence-electron chi connectivity index (χ0n) is 10.6. The van der Waals surface area contributed by atoms with Gasteiger partial charge in [0.05, 0.1) is 0 Å². The summed E-state index contributed by atoms with van der Waals surface area (Å²) in [7, 11) is 0. The Morgan fingerprint density at radius 1 is 1.10 bits per heavy atom. The third-order valence-electron chi connectivity index (χ3n) is 3.06. The zero-order chi connectivity index (χ0) is 13.9. The minimum absolute atomic E-state index is 0.112. The Bertz CT molecular complexity index is 750. The summed E-state index contributed by atoms with van der Waals surface area (Å²) in [4.78, 5) is 10.5. The molecular weight excluding hydrogens is 258 g/mol. The maximum atomic E-state index is 10.5. The minimum Gasteiger partial charge on any atom is -0.481 e. The molecule has 2 aromatic heterocycles. The van der Waals surface area contributed by atoms with Crippen LogP contribution in [0, 0.1) is 0 Å². The average Bonchev–Trinajstić information content (AvgIpc) is 2.93. The van der Waals surface area contributed by atoms with Gasteiger partial charge in [0.15, 0.2) is 18.9 Å². The second kappa shape index (κ2) is 5.08. The molecule has 0 fully saturated rings. The van der Waals surface area contributed by atoms with Gasteiger partial charge in [-0.3, -0.25) is 4.79 Å². The van der Waals surface area contributed by atoms with Gasteiger partial charge in [0.25, 0.3) is 0 Å². The van der Waals surface area contributed by atoms with Crippen molar-refractivity contribution in [2.24, 2.45) is 0 Å². The van der Waals surface area contributed by atoms with Crippen LogP contribution in [0.5, 0.6) is 0 Å². The predicted molar refractivity (Wildman–Crippen MR) is 69.7 cm³/mol. The smallest absolute Gasteiger partial charge is 0.309 e. The Balaban J connectivity index is 1.84. The van der Waals surface area contributed by atoms with E-state index in [1.165, 1.54) is 0 Å². The van der Waals surface area contributed by atoms with Crippen LogP contribution < -0.4 is 4.57 Å². The van der Waals surface area contributed by atoms with Gasteiger partial charge in [-0.1, -0.05) is 6.07 Å². The van der Waals surface area contributed by atoms with Crippen molar-refractivity contribution >= 4 is 17.0 Å². The molecule has 1 aromatic carbocycles. The number of benzene rings is 1.